The molecule has 0 spiro atoms. The number of carbonyl (C=O) groups excluding carboxylic acids is 1. The van der Waals surface area contributed by atoms with Crippen molar-refractivity contribution in [2.75, 3.05) is 25.6 Å². The molecular weight excluding hydrogens is 274 g/mol. The Morgan fingerprint density at radius 1 is 1.18 bits per heavy atom. The van der Waals surface area contributed by atoms with E-state index in [1.807, 2.05) is 18.2 Å². The third-order valence-corrected chi connectivity index (χ3v) is 4.35. The van der Waals surface area contributed by atoms with Crippen molar-refractivity contribution in [3.8, 4) is 16.9 Å². The number of ether oxygens (including phenoxy) is 1. The Hall–Kier alpha value is -2.29. The first-order valence-corrected chi connectivity index (χ1v) is 7.63. The van der Waals surface area contributed by atoms with Crippen molar-refractivity contribution in [3.63, 3.8) is 0 Å². The summed E-state index contributed by atoms with van der Waals surface area (Å²) in [7, 11) is 3.80. The number of hydrogen-bond acceptors (Lipinski definition) is 3. The van der Waals surface area contributed by atoms with Gasteiger partial charge in [0.05, 0.1) is 7.11 Å². The van der Waals surface area contributed by atoms with Crippen molar-refractivity contribution in [2.24, 2.45) is 0 Å². The molecule has 0 amide bonds. The number of nitrogens with zero attached hydrogens (tertiary/aromatic N) is 1. The normalized spacial score (nSPS) is 13.7. The second-order valence-electron chi connectivity index (χ2n) is 5.84. The molecular formula is C19H21NO2. The topological polar surface area (TPSA) is 29.5 Å². The van der Waals surface area contributed by atoms with E-state index in [1.54, 1.807) is 14.0 Å². The van der Waals surface area contributed by atoms with Gasteiger partial charge in [-0.15, -0.1) is 0 Å². The van der Waals surface area contributed by atoms with Gasteiger partial charge in [0.2, 0.25) is 0 Å². The van der Waals surface area contributed by atoms with Crippen LogP contribution in [0.2, 0.25) is 0 Å². The summed E-state index contributed by atoms with van der Waals surface area (Å²) in [6.45, 7) is 2.70. The molecule has 3 heteroatoms. The van der Waals surface area contributed by atoms with Crippen LogP contribution in [0.4, 0.5) is 5.69 Å². The maximum absolute atomic E-state index is 11.7. The summed E-state index contributed by atoms with van der Waals surface area (Å²) in [4.78, 5) is 14.0. The number of aryl methyl sites for hydroxylation is 1. The van der Waals surface area contributed by atoms with E-state index in [0.717, 1.165) is 29.8 Å². The van der Waals surface area contributed by atoms with E-state index in [-0.39, 0.29) is 5.78 Å². The van der Waals surface area contributed by atoms with Gasteiger partial charge in [-0.2, -0.15) is 0 Å². The molecule has 0 radical (unpaired) electrons. The molecule has 1 heterocycles. The first-order valence-electron chi connectivity index (χ1n) is 7.63. The molecule has 1 aliphatic rings. The highest BCUT2D eigenvalue weighted by atomic mass is 16.5. The quantitative estimate of drug-likeness (QED) is 0.803. The van der Waals surface area contributed by atoms with Gasteiger partial charge in [-0.3, -0.25) is 4.79 Å². The fraction of sp³-hybridized carbons (Fsp3) is 0.316. The molecule has 3 nitrogen and oxygen atoms in total. The van der Waals surface area contributed by atoms with Crippen LogP contribution < -0.4 is 9.64 Å². The molecule has 0 aliphatic carbocycles. The van der Waals surface area contributed by atoms with Gasteiger partial charge in [0.1, 0.15) is 5.75 Å². The lowest BCUT2D eigenvalue weighted by Crippen LogP contribution is -2.24. The Balaban J connectivity index is 2.10. The van der Waals surface area contributed by atoms with Gasteiger partial charge in [0.15, 0.2) is 5.78 Å². The van der Waals surface area contributed by atoms with Crippen molar-refractivity contribution in [1.82, 2.24) is 0 Å². The van der Waals surface area contributed by atoms with Gasteiger partial charge in [0, 0.05) is 30.4 Å². The molecule has 0 saturated carbocycles. The maximum atomic E-state index is 11.7. The highest BCUT2D eigenvalue weighted by Gasteiger charge is 2.16. The van der Waals surface area contributed by atoms with Crippen molar-refractivity contribution in [2.45, 2.75) is 19.8 Å². The summed E-state index contributed by atoms with van der Waals surface area (Å²) < 4.78 is 5.48. The molecule has 0 unspecified atom stereocenters. The molecule has 1 aliphatic heterocycles. The van der Waals surface area contributed by atoms with Gasteiger partial charge in [-0.25, -0.2) is 0 Å². The van der Waals surface area contributed by atoms with Crippen LogP contribution in [0.1, 0.15) is 29.3 Å². The lowest BCUT2D eigenvalue weighted by atomic mass is 9.94. The number of carbonyl (C=O) groups is 1. The molecule has 0 bridgehead atoms. The van der Waals surface area contributed by atoms with Gasteiger partial charge in [-0.1, -0.05) is 6.07 Å². The zero-order valence-corrected chi connectivity index (χ0v) is 13.3. The Morgan fingerprint density at radius 2 is 2.00 bits per heavy atom. The van der Waals surface area contributed by atoms with Crippen molar-refractivity contribution < 1.29 is 9.53 Å². The number of Topliss-reactive ketones (excluding diaryl/α,β-unsaturated/α-hetero) is 1. The Bertz CT molecular complexity index is 721. The number of benzene rings is 2. The minimum absolute atomic E-state index is 0.0709. The SMILES string of the molecule is COc1ccc(C(C)=O)cc1-c1ccc2c(c1)CCCN2C. The van der Waals surface area contributed by atoms with Gasteiger partial charge in [0.25, 0.3) is 0 Å². The van der Waals surface area contributed by atoms with Gasteiger partial charge < -0.3 is 9.64 Å². The second kappa shape index (κ2) is 5.84. The number of rotatable bonds is 3. The average molecular weight is 295 g/mol. The molecule has 0 aromatic heterocycles. The number of hydrogen-bond donors (Lipinski definition) is 0. The third kappa shape index (κ3) is 2.59. The molecule has 0 atom stereocenters. The summed E-state index contributed by atoms with van der Waals surface area (Å²) in [5.41, 5.74) is 5.46. The van der Waals surface area contributed by atoms with Gasteiger partial charge in [-0.05, 0) is 61.2 Å². The van der Waals surface area contributed by atoms with Crippen LogP contribution in [-0.2, 0) is 6.42 Å². The van der Waals surface area contributed by atoms with E-state index in [4.69, 9.17) is 4.74 Å². The third-order valence-electron chi connectivity index (χ3n) is 4.35. The molecule has 2 aromatic rings. The lowest BCUT2D eigenvalue weighted by Gasteiger charge is -2.28. The molecule has 0 N–H and O–H groups in total. The molecule has 22 heavy (non-hydrogen) atoms. The monoisotopic (exact) mass is 295 g/mol. The number of methoxy groups -OCH3 is 1. The molecule has 2 aromatic carbocycles. The fourth-order valence-corrected chi connectivity index (χ4v) is 3.11. The highest BCUT2D eigenvalue weighted by Crippen LogP contribution is 2.35. The van der Waals surface area contributed by atoms with Crippen LogP contribution in [-0.4, -0.2) is 26.5 Å². The summed E-state index contributed by atoms with van der Waals surface area (Å²) in [5.74, 6) is 0.871. The van der Waals surface area contributed by atoms with Crippen molar-refractivity contribution >= 4 is 11.5 Å². The average Bonchev–Trinajstić information content (AvgIpc) is 2.54. The van der Waals surface area contributed by atoms with E-state index >= 15 is 0 Å². The summed E-state index contributed by atoms with van der Waals surface area (Å²) >= 11 is 0. The Kier molecular flexibility index (Phi) is 3.88. The van der Waals surface area contributed by atoms with E-state index in [1.165, 1.54) is 17.7 Å². The summed E-state index contributed by atoms with van der Waals surface area (Å²) in [5, 5.41) is 0. The highest BCUT2D eigenvalue weighted by molar-refractivity contribution is 5.96. The van der Waals surface area contributed by atoms with E-state index in [9.17, 15) is 4.79 Å². The number of anilines is 1. The first-order chi connectivity index (χ1) is 10.6. The predicted molar refractivity (Wildman–Crippen MR) is 90.0 cm³/mol. The zero-order chi connectivity index (χ0) is 15.7. The molecule has 3 rings (SSSR count). The molecule has 0 fully saturated rings. The summed E-state index contributed by atoms with van der Waals surface area (Å²) in [6, 6.07) is 12.1. The number of ketones is 1. The minimum atomic E-state index is 0.0709. The fourth-order valence-electron chi connectivity index (χ4n) is 3.11. The molecule has 114 valence electrons. The van der Waals surface area contributed by atoms with Crippen molar-refractivity contribution in [1.29, 1.82) is 0 Å². The Labute approximate surface area is 131 Å². The smallest absolute Gasteiger partial charge is 0.159 e. The largest absolute Gasteiger partial charge is 0.496 e. The van der Waals surface area contributed by atoms with Crippen LogP contribution in [0.3, 0.4) is 0 Å². The van der Waals surface area contributed by atoms with Crippen molar-refractivity contribution in [3.05, 3.63) is 47.5 Å². The Morgan fingerprint density at radius 3 is 2.73 bits per heavy atom. The maximum Gasteiger partial charge on any atom is 0.159 e. The minimum Gasteiger partial charge on any atom is -0.496 e. The van der Waals surface area contributed by atoms with Crippen LogP contribution in [0.5, 0.6) is 5.75 Å². The van der Waals surface area contributed by atoms with E-state index < -0.39 is 0 Å². The number of fused-ring (bicyclic) bond motifs is 1. The first kappa shape index (κ1) is 14.6. The van der Waals surface area contributed by atoms with E-state index in [0.29, 0.717) is 5.56 Å². The molecule has 0 saturated heterocycles. The standard InChI is InChI=1S/C19H21NO2/c1-13(21)14-7-9-19(22-3)17(12-14)15-6-8-18-16(11-15)5-4-10-20(18)2/h6-9,11-12H,4-5,10H2,1-3H3. The van der Waals surface area contributed by atoms with E-state index in [2.05, 4.69) is 30.1 Å². The lowest BCUT2D eigenvalue weighted by molar-refractivity contribution is 0.101. The second-order valence-corrected chi connectivity index (χ2v) is 5.84. The van der Waals surface area contributed by atoms with Gasteiger partial charge >= 0.3 is 0 Å². The van der Waals surface area contributed by atoms with Crippen LogP contribution >= 0.6 is 0 Å². The summed E-state index contributed by atoms with van der Waals surface area (Å²) in [6.07, 6.45) is 2.28. The van der Waals surface area contributed by atoms with Crippen LogP contribution in [0.25, 0.3) is 11.1 Å². The van der Waals surface area contributed by atoms with Crippen LogP contribution in [0.15, 0.2) is 36.4 Å². The van der Waals surface area contributed by atoms with Crippen LogP contribution in [0, 0.1) is 0 Å². The predicted octanol–water partition coefficient (Wildman–Crippen LogP) is 3.95. The zero-order valence-electron chi connectivity index (χ0n) is 13.3.